The standard InChI is InChI=1S/C22H24N4O/c1-14-5-4-6-15(9-14)10-23-22(27)21-16-11-26(12-17(16)21)13-20-24-18-7-2-3-8-19(18)25-20/h2-9,16-17,21H,10-13H2,1H3,(H,23,27)(H,24,25)/t16-,17+,21?. The number of imidazole rings is 1. The average molecular weight is 360 g/mol. The normalized spacial score (nSPS) is 24.1. The van der Waals surface area contributed by atoms with Crippen molar-refractivity contribution in [2.75, 3.05) is 13.1 Å². The van der Waals surface area contributed by atoms with Crippen molar-refractivity contribution < 1.29 is 4.79 Å². The maximum atomic E-state index is 12.5. The van der Waals surface area contributed by atoms with Crippen LogP contribution >= 0.6 is 0 Å². The fraction of sp³-hybridized carbons (Fsp3) is 0.364. The third kappa shape index (κ3) is 3.23. The third-order valence-corrected chi connectivity index (χ3v) is 5.93. The SMILES string of the molecule is Cc1cccc(CNC(=O)C2[C@H]3CN(Cc4nc5ccccc5[nH]4)C[C@@H]23)c1. The van der Waals surface area contributed by atoms with Gasteiger partial charge in [-0.1, -0.05) is 42.0 Å². The predicted octanol–water partition coefficient (Wildman–Crippen LogP) is 2.87. The number of benzene rings is 2. The topological polar surface area (TPSA) is 61.0 Å². The van der Waals surface area contributed by atoms with Crippen LogP contribution in [0.1, 0.15) is 17.0 Å². The first-order valence-corrected chi connectivity index (χ1v) is 9.66. The number of nitrogens with zero attached hydrogens (tertiary/aromatic N) is 2. The third-order valence-electron chi connectivity index (χ3n) is 5.93. The molecule has 3 atom stereocenters. The molecule has 2 N–H and O–H groups in total. The number of carbonyl (C=O) groups is 1. The van der Waals surface area contributed by atoms with Crippen molar-refractivity contribution in [3.63, 3.8) is 0 Å². The largest absolute Gasteiger partial charge is 0.352 e. The van der Waals surface area contributed by atoms with E-state index in [0.717, 1.165) is 36.5 Å². The Balaban J connectivity index is 1.13. The van der Waals surface area contributed by atoms with E-state index < -0.39 is 0 Å². The number of amides is 1. The van der Waals surface area contributed by atoms with E-state index in [1.807, 2.05) is 24.3 Å². The van der Waals surface area contributed by atoms with Crippen molar-refractivity contribution in [2.24, 2.45) is 17.8 Å². The van der Waals surface area contributed by atoms with Crippen LogP contribution in [0, 0.1) is 24.7 Å². The highest BCUT2D eigenvalue weighted by atomic mass is 16.2. The first-order valence-electron chi connectivity index (χ1n) is 9.66. The summed E-state index contributed by atoms with van der Waals surface area (Å²) in [5.41, 5.74) is 4.50. The number of piperidine rings is 1. The van der Waals surface area contributed by atoms with E-state index in [-0.39, 0.29) is 11.8 Å². The van der Waals surface area contributed by atoms with Crippen LogP contribution < -0.4 is 5.32 Å². The van der Waals surface area contributed by atoms with E-state index in [1.165, 1.54) is 11.1 Å². The molecule has 138 valence electrons. The minimum Gasteiger partial charge on any atom is -0.352 e. The average Bonchev–Trinajstić information content (AvgIpc) is 3.00. The van der Waals surface area contributed by atoms with E-state index in [2.05, 4.69) is 51.4 Å². The summed E-state index contributed by atoms with van der Waals surface area (Å²) in [5.74, 6) is 2.44. The van der Waals surface area contributed by atoms with Gasteiger partial charge < -0.3 is 10.3 Å². The van der Waals surface area contributed by atoms with Gasteiger partial charge in [-0.3, -0.25) is 9.69 Å². The number of hydrogen-bond donors (Lipinski definition) is 2. The number of hydrogen-bond acceptors (Lipinski definition) is 3. The summed E-state index contributed by atoms with van der Waals surface area (Å²) in [6.45, 7) is 5.51. The fourth-order valence-electron chi connectivity index (χ4n) is 4.55. The zero-order valence-corrected chi connectivity index (χ0v) is 15.5. The van der Waals surface area contributed by atoms with Crippen LogP contribution in [0.4, 0.5) is 0 Å². The van der Waals surface area contributed by atoms with Gasteiger partial charge in [0.25, 0.3) is 0 Å². The molecule has 1 aromatic heterocycles. The summed E-state index contributed by atoms with van der Waals surface area (Å²) in [5, 5.41) is 3.12. The zero-order chi connectivity index (χ0) is 18.4. The summed E-state index contributed by atoms with van der Waals surface area (Å²) in [6.07, 6.45) is 0. The lowest BCUT2D eigenvalue weighted by Crippen LogP contribution is -2.31. The summed E-state index contributed by atoms with van der Waals surface area (Å²) >= 11 is 0. The molecule has 1 saturated heterocycles. The molecule has 2 fully saturated rings. The second kappa shape index (κ2) is 6.50. The van der Waals surface area contributed by atoms with Gasteiger partial charge in [-0.25, -0.2) is 4.98 Å². The molecule has 1 amide bonds. The minimum absolute atomic E-state index is 0.196. The van der Waals surface area contributed by atoms with Crippen molar-refractivity contribution in [1.82, 2.24) is 20.2 Å². The van der Waals surface area contributed by atoms with Crippen molar-refractivity contribution in [3.8, 4) is 0 Å². The van der Waals surface area contributed by atoms with E-state index in [9.17, 15) is 4.79 Å². The number of carbonyl (C=O) groups excluding carboxylic acids is 1. The van der Waals surface area contributed by atoms with Crippen LogP contribution in [-0.2, 0) is 17.9 Å². The lowest BCUT2D eigenvalue weighted by Gasteiger charge is -2.18. The van der Waals surface area contributed by atoms with Gasteiger partial charge in [0.1, 0.15) is 5.82 Å². The highest BCUT2D eigenvalue weighted by Crippen LogP contribution is 2.52. The quantitative estimate of drug-likeness (QED) is 0.735. The monoisotopic (exact) mass is 360 g/mol. The van der Waals surface area contributed by atoms with Gasteiger partial charge in [0.05, 0.1) is 17.6 Å². The van der Waals surface area contributed by atoms with Crippen LogP contribution in [0.5, 0.6) is 0 Å². The van der Waals surface area contributed by atoms with Crippen molar-refractivity contribution >= 4 is 16.9 Å². The van der Waals surface area contributed by atoms with Crippen LogP contribution in [0.15, 0.2) is 48.5 Å². The number of aromatic nitrogens is 2. The lowest BCUT2D eigenvalue weighted by atomic mass is 10.1. The number of H-pyrrole nitrogens is 1. The number of rotatable bonds is 5. The van der Waals surface area contributed by atoms with Crippen LogP contribution in [-0.4, -0.2) is 33.9 Å². The van der Waals surface area contributed by atoms with E-state index in [1.54, 1.807) is 0 Å². The molecule has 1 unspecified atom stereocenters. The van der Waals surface area contributed by atoms with Crippen LogP contribution in [0.2, 0.25) is 0 Å². The molecule has 5 heteroatoms. The number of aromatic amines is 1. The molecule has 1 saturated carbocycles. The lowest BCUT2D eigenvalue weighted by molar-refractivity contribution is -0.123. The molecule has 2 aromatic carbocycles. The summed E-state index contributed by atoms with van der Waals surface area (Å²) < 4.78 is 0. The maximum Gasteiger partial charge on any atom is 0.224 e. The van der Waals surface area contributed by atoms with E-state index >= 15 is 0 Å². The second-order valence-corrected chi connectivity index (χ2v) is 7.96. The van der Waals surface area contributed by atoms with Crippen molar-refractivity contribution in [2.45, 2.75) is 20.0 Å². The number of likely N-dealkylation sites (tertiary alicyclic amines) is 1. The van der Waals surface area contributed by atoms with Gasteiger partial charge in [-0.05, 0) is 36.5 Å². The van der Waals surface area contributed by atoms with Crippen molar-refractivity contribution in [3.05, 3.63) is 65.5 Å². The molecule has 1 aliphatic heterocycles. The molecule has 5 rings (SSSR count). The minimum atomic E-state index is 0.196. The molecule has 3 aromatic rings. The summed E-state index contributed by atoms with van der Waals surface area (Å²) in [4.78, 5) is 23.0. The highest BCUT2D eigenvalue weighted by Gasteiger charge is 2.59. The highest BCUT2D eigenvalue weighted by molar-refractivity contribution is 5.82. The Bertz CT molecular complexity index is 950. The molecule has 2 heterocycles. The first-order chi connectivity index (χ1) is 13.2. The van der Waals surface area contributed by atoms with Gasteiger partial charge in [0.15, 0.2) is 0 Å². The Morgan fingerprint density at radius 3 is 2.78 bits per heavy atom. The Morgan fingerprint density at radius 2 is 2.00 bits per heavy atom. The fourth-order valence-corrected chi connectivity index (χ4v) is 4.55. The van der Waals surface area contributed by atoms with Gasteiger partial charge in [0.2, 0.25) is 5.91 Å². The summed E-state index contributed by atoms with van der Waals surface area (Å²) in [6, 6.07) is 16.4. The molecule has 1 aliphatic carbocycles. The van der Waals surface area contributed by atoms with Crippen molar-refractivity contribution in [1.29, 1.82) is 0 Å². The molecular formula is C22H24N4O. The number of aryl methyl sites for hydroxylation is 1. The molecule has 27 heavy (non-hydrogen) atoms. The van der Waals surface area contributed by atoms with E-state index in [0.29, 0.717) is 18.4 Å². The van der Waals surface area contributed by atoms with E-state index in [4.69, 9.17) is 0 Å². The molecule has 5 nitrogen and oxygen atoms in total. The van der Waals surface area contributed by atoms with Gasteiger partial charge in [-0.15, -0.1) is 0 Å². The van der Waals surface area contributed by atoms with Crippen LogP contribution in [0.25, 0.3) is 11.0 Å². The van der Waals surface area contributed by atoms with Gasteiger partial charge >= 0.3 is 0 Å². The van der Waals surface area contributed by atoms with Gasteiger partial charge in [0, 0.05) is 25.6 Å². The Hall–Kier alpha value is -2.66. The number of para-hydroxylation sites is 2. The summed E-state index contributed by atoms with van der Waals surface area (Å²) in [7, 11) is 0. The Kier molecular flexibility index (Phi) is 3.97. The maximum absolute atomic E-state index is 12.5. The molecule has 0 radical (unpaired) electrons. The van der Waals surface area contributed by atoms with Gasteiger partial charge in [-0.2, -0.15) is 0 Å². The first kappa shape index (κ1) is 16.5. The smallest absolute Gasteiger partial charge is 0.224 e. The second-order valence-electron chi connectivity index (χ2n) is 7.96. The number of fused-ring (bicyclic) bond motifs is 2. The zero-order valence-electron chi connectivity index (χ0n) is 15.5. The molecule has 0 spiro atoms. The Morgan fingerprint density at radius 1 is 1.19 bits per heavy atom. The molecule has 0 bridgehead atoms. The number of nitrogens with one attached hydrogen (secondary N) is 2. The Labute approximate surface area is 158 Å². The molecule has 2 aliphatic rings. The molecular weight excluding hydrogens is 336 g/mol. The predicted molar refractivity (Wildman–Crippen MR) is 105 cm³/mol. The van der Waals surface area contributed by atoms with Crippen LogP contribution in [0.3, 0.4) is 0 Å².